The molecular formula is C24H28FN5O2. The summed E-state index contributed by atoms with van der Waals surface area (Å²) < 4.78 is 14.1. The van der Waals surface area contributed by atoms with Crippen LogP contribution in [0, 0.1) is 31.0 Å². The average Bonchev–Trinajstić information content (AvgIpc) is 2.74. The molecule has 168 valence electrons. The van der Waals surface area contributed by atoms with E-state index in [1.807, 2.05) is 19.9 Å². The third-order valence-electron chi connectivity index (χ3n) is 5.65. The highest BCUT2D eigenvalue weighted by Crippen LogP contribution is 2.25. The summed E-state index contributed by atoms with van der Waals surface area (Å²) in [6, 6.07) is 9.45. The molecule has 0 saturated carbocycles. The predicted octanol–water partition coefficient (Wildman–Crippen LogP) is 2.54. The number of nitriles is 1. The molecule has 7 nitrogen and oxygen atoms in total. The summed E-state index contributed by atoms with van der Waals surface area (Å²) in [7, 11) is 0. The largest absolute Gasteiger partial charge is 0.355 e. The second kappa shape index (κ2) is 10.2. The van der Waals surface area contributed by atoms with Gasteiger partial charge in [-0.15, -0.1) is 0 Å². The number of piperidine rings is 1. The van der Waals surface area contributed by atoms with Crippen LogP contribution in [0.3, 0.4) is 0 Å². The van der Waals surface area contributed by atoms with Crippen LogP contribution in [0.25, 0.3) is 0 Å². The maximum Gasteiger partial charge on any atom is 0.243 e. The van der Waals surface area contributed by atoms with Crippen LogP contribution in [0.15, 0.2) is 30.3 Å². The second-order valence-electron chi connectivity index (χ2n) is 8.21. The van der Waals surface area contributed by atoms with Gasteiger partial charge in [0.2, 0.25) is 11.8 Å². The van der Waals surface area contributed by atoms with Gasteiger partial charge in [-0.1, -0.05) is 18.2 Å². The number of nitrogens with one attached hydrogen (secondary N) is 2. The first kappa shape index (κ1) is 23.2. The monoisotopic (exact) mass is 437 g/mol. The summed E-state index contributed by atoms with van der Waals surface area (Å²) in [6.07, 6.45) is 1.44. The minimum atomic E-state index is -0.853. The number of amides is 2. The zero-order valence-electron chi connectivity index (χ0n) is 18.6. The van der Waals surface area contributed by atoms with Crippen LogP contribution < -0.4 is 15.5 Å². The molecular weight excluding hydrogens is 409 g/mol. The molecule has 1 aliphatic rings. The van der Waals surface area contributed by atoms with Gasteiger partial charge in [0.1, 0.15) is 23.7 Å². The van der Waals surface area contributed by atoms with E-state index in [0.29, 0.717) is 42.9 Å². The smallest absolute Gasteiger partial charge is 0.243 e. The molecule has 0 spiro atoms. The maximum atomic E-state index is 14.1. The number of hydrogen-bond acceptors (Lipinski definition) is 5. The summed E-state index contributed by atoms with van der Waals surface area (Å²) in [5.41, 5.74) is 2.71. The molecule has 1 atom stereocenters. The minimum absolute atomic E-state index is 0.0768. The molecule has 0 aliphatic carbocycles. The van der Waals surface area contributed by atoms with Crippen LogP contribution in [0.1, 0.15) is 42.1 Å². The summed E-state index contributed by atoms with van der Waals surface area (Å²) in [4.78, 5) is 31.1. The lowest BCUT2D eigenvalue weighted by Gasteiger charge is -2.34. The minimum Gasteiger partial charge on any atom is -0.355 e. The first-order valence-electron chi connectivity index (χ1n) is 10.7. The van der Waals surface area contributed by atoms with Crippen LogP contribution in [-0.4, -0.2) is 42.0 Å². The zero-order chi connectivity index (χ0) is 23.3. The standard InChI is InChI=1S/C24H28FN5O2/c1-15-12-16(2)27-23(20(15)14-26)30-10-8-19(9-11-30)29-24(32)22(28-17(3)31)13-18-6-4-5-7-21(18)25/h4-7,12,19,22H,8-11,13H2,1-3H3,(H,28,31)(H,29,32)/t22-/m1/s1. The molecule has 1 saturated heterocycles. The molecule has 0 bridgehead atoms. The Morgan fingerprint density at radius 2 is 1.97 bits per heavy atom. The Morgan fingerprint density at radius 1 is 1.28 bits per heavy atom. The Bertz CT molecular complexity index is 1040. The number of pyridine rings is 1. The lowest BCUT2D eigenvalue weighted by Crippen LogP contribution is -2.52. The van der Waals surface area contributed by atoms with Gasteiger partial charge in [-0.05, 0) is 49.9 Å². The number of carbonyl (C=O) groups excluding carboxylic acids is 2. The molecule has 1 fully saturated rings. The van der Waals surface area contributed by atoms with Crippen LogP contribution in [0.4, 0.5) is 10.2 Å². The highest BCUT2D eigenvalue weighted by atomic mass is 19.1. The van der Waals surface area contributed by atoms with Crippen molar-refractivity contribution >= 4 is 17.6 Å². The van der Waals surface area contributed by atoms with Crippen molar-refractivity contribution in [2.45, 2.75) is 52.1 Å². The van der Waals surface area contributed by atoms with Crippen LogP contribution in [0.2, 0.25) is 0 Å². The lowest BCUT2D eigenvalue weighted by atomic mass is 10.0. The van der Waals surface area contributed by atoms with Gasteiger partial charge in [0.25, 0.3) is 0 Å². The van der Waals surface area contributed by atoms with Gasteiger partial charge in [-0.25, -0.2) is 9.37 Å². The number of anilines is 1. The SMILES string of the molecule is CC(=O)N[C@H](Cc1ccccc1F)C(=O)NC1CCN(c2nc(C)cc(C)c2C#N)CC1. The van der Waals surface area contributed by atoms with Crippen molar-refractivity contribution in [3.63, 3.8) is 0 Å². The molecule has 2 aromatic rings. The van der Waals surface area contributed by atoms with Crippen LogP contribution in [-0.2, 0) is 16.0 Å². The molecule has 32 heavy (non-hydrogen) atoms. The number of halogens is 1. The van der Waals surface area contributed by atoms with E-state index in [0.717, 1.165) is 11.3 Å². The third-order valence-corrected chi connectivity index (χ3v) is 5.65. The molecule has 2 amide bonds. The van der Waals surface area contributed by atoms with E-state index in [9.17, 15) is 19.2 Å². The molecule has 0 unspecified atom stereocenters. The number of rotatable bonds is 6. The fourth-order valence-electron chi connectivity index (χ4n) is 4.06. The summed E-state index contributed by atoms with van der Waals surface area (Å²) in [5, 5.41) is 15.2. The quantitative estimate of drug-likeness (QED) is 0.724. The van der Waals surface area contributed by atoms with E-state index >= 15 is 0 Å². The number of carbonyl (C=O) groups is 2. The molecule has 2 heterocycles. The Kier molecular flexibility index (Phi) is 7.41. The van der Waals surface area contributed by atoms with E-state index in [1.165, 1.54) is 13.0 Å². The van der Waals surface area contributed by atoms with Gasteiger partial charge in [0, 0.05) is 38.2 Å². The van der Waals surface area contributed by atoms with Gasteiger partial charge in [0.05, 0.1) is 5.56 Å². The summed E-state index contributed by atoms with van der Waals surface area (Å²) in [5.74, 6) is -0.394. The van der Waals surface area contributed by atoms with Crippen molar-refractivity contribution in [3.05, 3.63) is 58.5 Å². The van der Waals surface area contributed by atoms with Gasteiger partial charge < -0.3 is 15.5 Å². The number of aryl methyl sites for hydroxylation is 2. The first-order chi connectivity index (χ1) is 15.3. The van der Waals surface area contributed by atoms with Crippen molar-refractivity contribution in [1.29, 1.82) is 5.26 Å². The molecule has 1 aliphatic heterocycles. The lowest BCUT2D eigenvalue weighted by molar-refractivity contribution is -0.128. The number of nitrogens with zero attached hydrogens (tertiary/aromatic N) is 3. The van der Waals surface area contributed by atoms with Gasteiger partial charge in [0.15, 0.2) is 0 Å². The van der Waals surface area contributed by atoms with Crippen LogP contribution >= 0.6 is 0 Å². The highest BCUT2D eigenvalue weighted by molar-refractivity contribution is 5.87. The fourth-order valence-corrected chi connectivity index (χ4v) is 4.06. The van der Waals surface area contributed by atoms with E-state index in [1.54, 1.807) is 18.2 Å². The van der Waals surface area contributed by atoms with Gasteiger partial charge in [-0.2, -0.15) is 5.26 Å². The molecule has 0 radical (unpaired) electrons. The fraction of sp³-hybridized carbons (Fsp3) is 0.417. The van der Waals surface area contributed by atoms with Crippen molar-refractivity contribution in [1.82, 2.24) is 15.6 Å². The Morgan fingerprint density at radius 3 is 2.59 bits per heavy atom. The molecule has 1 aromatic carbocycles. The van der Waals surface area contributed by atoms with Gasteiger partial charge >= 0.3 is 0 Å². The zero-order valence-corrected chi connectivity index (χ0v) is 18.6. The van der Waals surface area contributed by atoms with E-state index in [2.05, 4.69) is 26.6 Å². The van der Waals surface area contributed by atoms with E-state index < -0.39 is 11.9 Å². The van der Waals surface area contributed by atoms with Gasteiger partial charge in [-0.3, -0.25) is 9.59 Å². The number of benzene rings is 1. The van der Waals surface area contributed by atoms with E-state index in [-0.39, 0.29) is 24.3 Å². The molecule has 8 heteroatoms. The van der Waals surface area contributed by atoms with Crippen molar-refractivity contribution in [2.24, 2.45) is 0 Å². The second-order valence-corrected chi connectivity index (χ2v) is 8.21. The normalized spacial score (nSPS) is 15.0. The predicted molar refractivity (Wildman–Crippen MR) is 120 cm³/mol. The summed E-state index contributed by atoms with van der Waals surface area (Å²) in [6.45, 7) is 6.44. The Balaban J connectivity index is 1.64. The first-order valence-corrected chi connectivity index (χ1v) is 10.7. The Labute approximate surface area is 187 Å². The average molecular weight is 438 g/mol. The summed E-state index contributed by atoms with van der Waals surface area (Å²) >= 11 is 0. The van der Waals surface area contributed by atoms with E-state index in [4.69, 9.17) is 0 Å². The topological polar surface area (TPSA) is 98.1 Å². The molecule has 2 N–H and O–H groups in total. The highest BCUT2D eigenvalue weighted by Gasteiger charge is 2.27. The van der Waals surface area contributed by atoms with Crippen molar-refractivity contribution in [3.8, 4) is 6.07 Å². The number of aromatic nitrogens is 1. The Hall–Kier alpha value is -3.47. The number of hydrogen-bond donors (Lipinski definition) is 2. The molecule has 1 aromatic heterocycles. The van der Waals surface area contributed by atoms with Crippen LogP contribution in [0.5, 0.6) is 0 Å². The molecule has 3 rings (SSSR count). The van der Waals surface area contributed by atoms with Crippen molar-refractivity contribution in [2.75, 3.05) is 18.0 Å². The third kappa shape index (κ3) is 5.61. The van der Waals surface area contributed by atoms with Crippen molar-refractivity contribution < 1.29 is 14.0 Å². The maximum absolute atomic E-state index is 14.1.